The molecule has 0 aromatic rings. The first kappa shape index (κ1) is 56.0. The molecule has 0 rings (SSSR count). The van der Waals surface area contributed by atoms with Crippen molar-refractivity contribution < 1.29 is 24.5 Å². The number of esters is 1. The Bertz CT molecular complexity index is 1150. The molecule has 6 nitrogen and oxygen atoms in total. The standard InChI is InChI=1S/C53H91NO5/c1-4-7-10-13-16-19-22-25-27-29-32-35-38-41-44-49(59-53(58)46-43-40-37-34-31-28-26-23-20-17-14-11-8-5-2)47-52(57)54-50(48-55)51(56)45-42-39-36-33-30-24-21-18-15-12-9-6-3/h7-8,10-11,16-17,19-20,25-28,32,35,49-51,55-56H,4-6,9,12-15,18,21-24,29-31,33-34,36-48H2,1-3H3,(H,54,57)/b10-7+,11-8+,19-16+,20-17+,27-25+,28-26+,35-32+. The molecule has 0 saturated carbocycles. The fraction of sp³-hybridized carbons (Fsp3) is 0.698. The van der Waals surface area contributed by atoms with Crippen LogP contribution < -0.4 is 5.32 Å². The Labute approximate surface area is 363 Å². The molecule has 0 aromatic carbocycles. The Balaban J connectivity index is 4.74. The molecule has 0 fully saturated rings. The average molecular weight is 822 g/mol. The fourth-order valence-electron chi connectivity index (χ4n) is 6.85. The van der Waals surface area contributed by atoms with Gasteiger partial charge >= 0.3 is 5.97 Å². The number of hydrogen-bond acceptors (Lipinski definition) is 5. The first-order valence-electron chi connectivity index (χ1n) is 24.3. The molecule has 3 N–H and O–H groups in total. The Morgan fingerprint density at radius 2 is 0.932 bits per heavy atom. The summed E-state index contributed by atoms with van der Waals surface area (Å²) in [6.07, 6.45) is 59.3. The number of hydrogen-bond donors (Lipinski definition) is 3. The lowest BCUT2D eigenvalue weighted by molar-refractivity contribution is -0.151. The van der Waals surface area contributed by atoms with Gasteiger partial charge in [-0.05, 0) is 89.9 Å². The van der Waals surface area contributed by atoms with Crippen LogP contribution in [0.4, 0.5) is 0 Å². The van der Waals surface area contributed by atoms with Crippen LogP contribution in [-0.2, 0) is 14.3 Å². The maximum Gasteiger partial charge on any atom is 0.306 e. The molecule has 3 unspecified atom stereocenters. The minimum absolute atomic E-state index is 0.0265. The summed E-state index contributed by atoms with van der Waals surface area (Å²) >= 11 is 0. The van der Waals surface area contributed by atoms with Gasteiger partial charge < -0.3 is 20.3 Å². The van der Waals surface area contributed by atoms with Gasteiger partial charge in [0.2, 0.25) is 5.91 Å². The molecule has 0 bridgehead atoms. The van der Waals surface area contributed by atoms with E-state index in [0.717, 1.165) is 109 Å². The maximum absolute atomic E-state index is 13.2. The molecule has 6 heteroatoms. The Hall–Kier alpha value is -2.96. The number of aliphatic hydroxyl groups excluding tert-OH is 2. The van der Waals surface area contributed by atoms with Gasteiger partial charge in [-0.2, -0.15) is 0 Å². The molecule has 3 atom stereocenters. The van der Waals surface area contributed by atoms with Gasteiger partial charge in [0.15, 0.2) is 0 Å². The van der Waals surface area contributed by atoms with Crippen molar-refractivity contribution in [2.75, 3.05) is 6.61 Å². The van der Waals surface area contributed by atoms with E-state index in [0.29, 0.717) is 19.3 Å². The minimum Gasteiger partial charge on any atom is -0.462 e. The zero-order chi connectivity index (χ0) is 43.1. The highest BCUT2D eigenvalue weighted by atomic mass is 16.5. The molecule has 0 saturated heterocycles. The third-order valence-corrected chi connectivity index (χ3v) is 10.5. The molecular formula is C53H91NO5. The van der Waals surface area contributed by atoms with E-state index in [-0.39, 0.29) is 24.9 Å². The van der Waals surface area contributed by atoms with Crippen molar-refractivity contribution in [1.82, 2.24) is 5.32 Å². The van der Waals surface area contributed by atoms with E-state index in [9.17, 15) is 19.8 Å². The smallest absolute Gasteiger partial charge is 0.306 e. The molecular weight excluding hydrogens is 731 g/mol. The highest BCUT2D eigenvalue weighted by Crippen LogP contribution is 2.16. The van der Waals surface area contributed by atoms with Crippen molar-refractivity contribution in [3.8, 4) is 0 Å². The third-order valence-electron chi connectivity index (χ3n) is 10.5. The summed E-state index contributed by atoms with van der Waals surface area (Å²) in [6.45, 7) is 6.22. The summed E-state index contributed by atoms with van der Waals surface area (Å²) in [5.41, 5.74) is 0. The molecule has 59 heavy (non-hydrogen) atoms. The summed E-state index contributed by atoms with van der Waals surface area (Å²) in [6, 6.07) is -0.727. The van der Waals surface area contributed by atoms with Gasteiger partial charge in [0.1, 0.15) is 6.10 Å². The number of nitrogens with one attached hydrogen (secondary N) is 1. The monoisotopic (exact) mass is 822 g/mol. The van der Waals surface area contributed by atoms with Crippen LogP contribution in [0, 0.1) is 0 Å². The Morgan fingerprint density at radius 1 is 0.508 bits per heavy atom. The zero-order valence-electron chi connectivity index (χ0n) is 38.4. The Morgan fingerprint density at radius 3 is 1.42 bits per heavy atom. The minimum atomic E-state index is -0.809. The van der Waals surface area contributed by atoms with Gasteiger partial charge in [-0.3, -0.25) is 9.59 Å². The molecule has 0 aliphatic rings. The van der Waals surface area contributed by atoms with Crippen molar-refractivity contribution in [3.05, 3.63) is 85.1 Å². The van der Waals surface area contributed by atoms with Gasteiger partial charge in [0.05, 0.1) is 25.2 Å². The van der Waals surface area contributed by atoms with Gasteiger partial charge in [-0.1, -0.05) is 196 Å². The number of allylic oxidation sites excluding steroid dienone is 14. The van der Waals surface area contributed by atoms with Crippen molar-refractivity contribution >= 4 is 11.9 Å². The predicted octanol–water partition coefficient (Wildman–Crippen LogP) is 14.4. The van der Waals surface area contributed by atoms with Crippen LogP contribution in [0.3, 0.4) is 0 Å². The van der Waals surface area contributed by atoms with Crippen LogP contribution in [0.2, 0.25) is 0 Å². The van der Waals surface area contributed by atoms with E-state index in [4.69, 9.17) is 4.74 Å². The first-order valence-corrected chi connectivity index (χ1v) is 24.3. The molecule has 1 amide bonds. The van der Waals surface area contributed by atoms with Crippen LogP contribution in [0.15, 0.2) is 85.1 Å². The van der Waals surface area contributed by atoms with E-state index in [1.165, 1.54) is 57.8 Å². The zero-order valence-corrected chi connectivity index (χ0v) is 38.4. The number of amides is 1. The molecule has 0 heterocycles. The summed E-state index contributed by atoms with van der Waals surface area (Å²) in [5.74, 6) is -0.561. The SMILES string of the molecule is CC/C=C/C/C=C/C/C=C/C/C=C/CCCC(CC(=O)NC(CO)C(O)CCCCCCCCCCCCCC)OC(=O)CCCCCC/C=C/C/C=C/C/C=C/CC. The lowest BCUT2D eigenvalue weighted by Crippen LogP contribution is -2.46. The normalized spacial score (nSPS) is 14.1. The largest absolute Gasteiger partial charge is 0.462 e. The average Bonchev–Trinajstić information content (AvgIpc) is 3.23. The van der Waals surface area contributed by atoms with Crippen LogP contribution >= 0.6 is 0 Å². The second-order valence-electron chi connectivity index (χ2n) is 16.1. The molecule has 0 aromatic heterocycles. The van der Waals surface area contributed by atoms with Crippen LogP contribution in [0.5, 0.6) is 0 Å². The summed E-state index contributed by atoms with van der Waals surface area (Å²) < 4.78 is 5.88. The quantitative estimate of drug-likeness (QED) is 0.0324. The third kappa shape index (κ3) is 41.6. The number of aliphatic hydroxyl groups is 2. The summed E-state index contributed by atoms with van der Waals surface area (Å²) in [5, 5.41) is 23.7. The van der Waals surface area contributed by atoms with Gasteiger partial charge in [-0.15, -0.1) is 0 Å². The number of carbonyl (C=O) groups is 2. The van der Waals surface area contributed by atoms with Crippen LogP contribution in [-0.4, -0.2) is 46.9 Å². The van der Waals surface area contributed by atoms with Gasteiger partial charge in [-0.25, -0.2) is 0 Å². The van der Waals surface area contributed by atoms with E-state index in [1.54, 1.807) is 0 Å². The number of carbonyl (C=O) groups excluding carboxylic acids is 2. The second kappa shape index (κ2) is 46.1. The lowest BCUT2D eigenvalue weighted by atomic mass is 10.0. The second-order valence-corrected chi connectivity index (χ2v) is 16.1. The van der Waals surface area contributed by atoms with Crippen molar-refractivity contribution in [3.63, 3.8) is 0 Å². The van der Waals surface area contributed by atoms with Crippen molar-refractivity contribution in [2.24, 2.45) is 0 Å². The molecule has 338 valence electrons. The van der Waals surface area contributed by atoms with E-state index in [2.05, 4.69) is 111 Å². The van der Waals surface area contributed by atoms with Crippen LogP contribution in [0.25, 0.3) is 0 Å². The van der Waals surface area contributed by atoms with Crippen LogP contribution in [0.1, 0.15) is 213 Å². The van der Waals surface area contributed by atoms with Gasteiger partial charge in [0.25, 0.3) is 0 Å². The fourth-order valence-corrected chi connectivity index (χ4v) is 6.85. The van der Waals surface area contributed by atoms with Crippen molar-refractivity contribution in [2.45, 2.75) is 232 Å². The first-order chi connectivity index (χ1) is 29.0. The number of rotatable bonds is 42. The highest BCUT2D eigenvalue weighted by molar-refractivity contribution is 5.77. The lowest BCUT2D eigenvalue weighted by Gasteiger charge is -2.24. The van der Waals surface area contributed by atoms with E-state index >= 15 is 0 Å². The molecule has 0 spiro atoms. The number of unbranched alkanes of at least 4 members (excludes halogenated alkanes) is 16. The highest BCUT2D eigenvalue weighted by Gasteiger charge is 2.24. The van der Waals surface area contributed by atoms with E-state index in [1.807, 2.05) is 0 Å². The molecule has 0 aliphatic heterocycles. The summed E-state index contributed by atoms with van der Waals surface area (Å²) in [7, 11) is 0. The number of ether oxygens (including phenoxy) is 1. The molecule has 0 radical (unpaired) electrons. The predicted molar refractivity (Wildman–Crippen MR) is 254 cm³/mol. The van der Waals surface area contributed by atoms with E-state index < -0.39 is 18.2 Å². The van der Waals surface area contributed by atoms with Crippen molar-refractivity contribution in [1.29, 1.82) is 0 Å². The molecule has 0 aliphatic carbocycles. The Kier molecular flexibility index (Phi) is 43.8. The topological polar surface area (TPSA) is 95.9 Å². The summed E-state index contributed by atoms with van der Waals surface area (Å²) in [4.78, 5) is 26.1. The maximum atomic E-state index is 13.2. The van der Waals surface area contributed by atoms with Gasteiger partial charge in [0, 0.05) is 6.42 Å².